The van der Waals surface area contributed by atoms with Crippen LogP contribution < -0.4 is 5.32 Å². The van der Waals surface area contributed by atoms with Crippen LogP contribution >= 0.6 is 0 Å². The first kappa shape index (κ1) is 13.7. The molecule has 1 N–H and O–H groups in total. The summed E-state index contributed by atoms with van der Waals surface area (Å²) >= 11 is 0. The second-order valence-corrected chi connectivity index (χ2v) is 5.41. The SMILES string of the molecule is Cc1cc(NCCc2ccccc2)nn1CC(C)C. The third-order valence-electron chi connectivity index (χ3n) is 3.08. The molecule has 0 fully saturated rings. The Kier molecular flexibility index (Phi) is 4.61. The Hall–Kier alpha value is -1.77. The number of nitrogens with zero attached hydrogens (tertiary/aromatic N) is 2. The van der Waals surface area contributed by atoms with Crippen LogP contribution in [0.3, 0.4) is 0 Å². The molecule has 0 aliphatic carbocycles. The molecule has 2 aromatic rings. The lowest BCUT2D eigenvalue weighted by Crippen LogP contribution is -2.09. The predicted molar refractivity (Wildman–Crippen MR) is 80.4 cm³/mol. The fourth-order valence-corrected chi connectivity index (χ4v) is 2.11. The van der Waals surface area contributed by atoms with Gasteiger partial charge in [-0.15, -0.1) is 0 Å². The van der Waals surface area contributed by atoms with Crippen molar-refractivity contribution in [1.29, 1.82) is 0 Å². The van der Waals surface area contributed by atoms with Crippen LogP contribution in [0.15, 0.2) is 36.4 Å². The maximum Gasteiger partial charge on any atom is 0.148 e. The number of aromatic nitrogens is 2. The molecular weight excluding hydrogens is 234 g/mol. The molecule has 3 nitrogen and oxygen atoms in total. The van der Waals surface area contributed by atoms with E-state index in [1.165, 1.54) is 11.3 Å². The zero-order chi connectivity index (χ0) is 13.7. The number of hydrogen-bond donors (Lipinski definition) is 1. The maximum absolute atomic E-state index is 4.59. The maximum atomic E-state index is 4.59. The van der Waals surface area contributed by atoms with Gasteiger partial charge in [0, 0.05) is 24.8 Å². The van der Waals surface area contributed by atoms with Crippen LogP contribution in [0.5, 0.6) is 0 Å². The summed E-state index contributed by atoms with van der Waals surface area (Å²) in [6.07, 6.45) is 1.02. The van der Waals surface area contributed by atoms with E-state index in [1.54, 1.807) is 0 Å². The van der Waals surface area contributed by atoms with E-state index in [9.17, 15) is 0 Å². The van der Waals surface area contributed by atoms with Crippen molar-refractivity contribution in [3.05, 3.63) is 47.7 Å². The minimum absolute atomic E-state index is 0.621. The molecule has 0 amide bonds. The quantitative estimate of drug-likeness (QED) is 0.858. The van der Waals surface area contributed by atoms with Crippen molar-refractivity contribution in [3.8, 4) is 0 Å². The van der Waals surface area contributed by atoms with Crippen LogP contribution in [-0.2, 0) is 13.0 Å². The predicted octanol–water partition coefficient (Wildman–Crippen LogP) is 3.50. The molecule has 102 valence electrons. The molecule has 0 atom stereocenters. The summed E-state index contributed by atoms with van der Waals surface area (Å²) in [5.74, 6) is 1.60. The van der Waals surface area contributed by atoms with Crippen molar-refractivity contribution in [3.63, 3.8) is 0 Å². The first-order chi connectivity index (χ1) is 9.15. The molecule has 0 aliphatic rings. The van der Waals surface area contributed by atoms with Crippen molar-refractivity contribution in [2.45, 2.75) is 33.7 Å². The minimum Gasteiger partial charge on any atom is -0.368 e. The van der Waals surface area contributed by atoms with E-state index in [1.807, 2.05) is 6.07 Å². The van der Waals surface area contributed by atoms with Crippen molar-refractivity contribution in [2.75, 3.05) is 11.9 Å². The Morgan fingerprint density at radius 3 is 2.63 bits per heavy atom. The van der Waals surface area contributed by atoms with E-state index in [-0.39, 0.29) is 0 Å². The van der Waals surface area contributed by atoms with Gasteiger partial charge in [0.1, 0.15) is 5.82 Å². The number of nitrogens with one attached hydrogen (secondary N) is 1. The Bertz CT molecular complexity index is 500. The molecular formula is C16H23N3. The summed E-state index contributed by atoms with van der Waals surface area (Å²) in [6, 6.07) is 12.6. The number of aryl methyl sites for hydroxylation is 1. The van der Waals surface area contributed by atoms with Crippen LogP contribution in [0, 0.1) is 12.8 Å². The molecule has 1 aromatic carbocycles. The molecule has 2 rings (SSSR count). The van der Waals surface area contributed by atoms with Gasteiger partial charge < -0.3 is 5.32 Å². The monoisotopic (exact) mass is 257 g/mol. The summed E-state index contributed by atoms with van der Waals surface area (Å²) < 4.78 is 2.08. The van der Waals surface area contributed by atoms with Crippen LogP contribution in [0.4, 0.5) is 5.82 Å². The van der Waals surface area contributed by atoms with E-state index in [0.29, 0.717) is 5.92 Å². The number of benzene rings is 1. The van der Waals surface area contributed by atoms with Gasteiger partial charge in [0.05, 0.1) is 0 Å². The first-order valence-corrected chi connectivity index (χ1v) is 6.97. The first-order valence-electron chi connectivity index (χ1n) is 6.97. The van der Waals surface area contributed by atoms with Crippen molar-refractivity contribution in [2.24, 2.45) is 5.92 Å². The summed E-state index contributed by atoms with van der Waals surface area (Å²) in [5.41, 5.74) is 2.57. The van der Waals surface area contributed by atoms with Gasteiger partial charge >= 0.3 is 0 Å². The number of hydrogen-bond acceptors (Lipinski definition) is 2. The topological polar surface area (TPSA) is 29.9 Å². The third-order valence-corrected chi connectivity index (χ3v) is 3.08. The standard InChI is InChI=1S/C16H23N3/c1-13(2)12-19-14(3)11-16(18-19)17-10-9-15-7-5-4-6-8-15/h4-8,11,13H,9-10,12H2,1-3H3,(H,17,18). The fourth-order valence-electron chi connectivity index (χ4n) is 2.11. The lowest BCUT2D eigenvalue weighted by molar-refractivity contribution is 0.475. The van der Waals surface area contributed by atoms with Crippen molar-refractivity contribution < 1.29 is 0 Å². The average molecular weight is 257 g/mol. The van der Waals surface area contributed by atoms with E-state index in [0.717, 1.165) is 25.3 Å². The molecule has 1 aromatic heterocycles. The second-order valence-electron chi connectivity index (χ2n) is 5.41. The van der Waals surface area contributed by atoms with E-state index in [4.69, 9.17) is 0 Å². The van der Waals surface area contributed by atoms with Gasteiger partial charge in [0.2, 0.25) is 0 Å². The van der Waals surface area contributed by atoms with Gasteiger partial charge in [-0.05, 0) is 24.8 Å². The van der Waals surface area contributed by atoms with Crippen LogP contribution in [0.2, 0.25) is 0 Å². The molecule has 19 heavy (non-hydrogen) atoms. The molecule has 0 saturated heterocycles. The normalized spacial score (nSPS) is 10.9. The smallest absolute Gasteiger partial charge is 0.148 e. The van der Waals surface area contributed by atoms with E-state index < -0.39 is 0 Å². The molecule has 1 heterocycles. The highest BCUT2D eigenvalue weighted by molar-refractivity contribution is 5.35. The number of rotatable bonds is 6. The van der Waals surface area contributed by atoms with Crippen molar-refractivity contribution >= 4 is 5.82 Å². The second kappa shape index (κ2) is 6.41. The van der Waals surface area contributed by atoms with Gasteiger partial charge in [-0.3, -0.25) is 4.68 Å². The molecule has 0 saturated carbocycles. The van der Waals surface area contributed by atoms with Crippen LogP contribution in [0.25, 0.3) is 0 Å². The highest BCUT2D eigenvalue weighted by Crippen LogP contribution is 2.11. The van der Waals surface area contributed by atoms with E-state index in [2.05, 4.69) is 66.2 Å². The van der Waals surface area contributed by atoms with Crippen LogP contribution in [-0.4, -0.2) is 16.3 Å². The highest BCUT2D eigenvalue weighted by Gasteiger charge is 2.05. The Morgan fingerprint density at radius 1 is 1.21 bits per heavy atom. The number of anilines is 1. The van der Waals surface area contributed by atoms with E-state index >= 15 is 0 Å². The Morgan fingerprint density at radius 2 is 1.95 bits per heavy atom. The van der Waals surface area contributed by atoms with Gasteiger partial charge in [0.25, 0.3) is 0 Å². The van der Waals surface area contributed by atoms with Crippen LogP contribution in [0.1, 0.15) is 25.1 Å². The lowest BCUT2D eigenvalue weighted by atomic mass is 10.1. The molecule has 0 aliphatic heterocycles. The zero-order valence-electron chi connectivity index (χ0n) is 12.1. The van der Waals surface area contributed by atoms with Gasteiger partial charge in [0.15, 0.2) is 0 Å². The molecule has 0 unspecified atom stereocenters. The Labute approximate surface area is 115 Å². The summed E-state index contributed by atoms with van der Waals surface area (Å²) in [4.78, 5) is 0. The molecule has 0 radical (unpaired) electrons. The highest BCUT2D eigenvalue weighted by atomic mass is 15.3. The summed E-state index contributed by atoms with van der Waals surface area (Å²) in [7, 11) is 0. The van der Waals surface area contributed by atoms with Crippen molar-refractivity contribution in [1.82, 2.24) is 9.78 Å². The van der Waals surface area contributed by atoms with Gasteiger partial charge in [-0.1, -0.05) is 44.2 Å². The lowest BCUT2D eigenvalue weighted by Gasteiger charge is -2.06. The fraction of sp³-hybridized carbons (Fsp3) is 0.438. The molecule has 3 heteroatoms. The summed E-state index contributed by atoms with van der Waals surface area (Å²) in [5, 5.41) is 7.98. The molecule has 0 spiro atoms. The average Bonchev–Trinajstić information content (AvgIpc) is 2.70. The van der Waals surface area contributed by atoms with Gasteiger partial charge in [-0.2, -0.15) is 5.10 Å². The van der Waals surface area contributed by atoms with Gasteiger partial charge in [-0.25, -0.2) is 0 Å². The largest absolute Gasteiger partial charge is 0.368 e. The zero-order valence-corrected chi connectivity index (χ0v) is 12.1. The Balaban J connectivity index is 1.86. The third kappa shape index (κ3) is 4.12. The summed E-state index contributed by atoms with van der Waals surface area (Å²) in [6.45, 7) is 8.43. The molecule has 0 bridgehead atoms. The minimum atomic E-state index is 0.621.